The van der Waals surface area contributed by atoms with Gasteiger partial charge in [-0.1, -0.05) is 0 Å². The number of aliphatic hydroxyl groups is 1. The van der Waals surface area contributed by atoms with E-state index in [-0.39, 0.29) is 30.6 Å². The molecule has 0 heterocycles. The van der Waals surface area contributed by atoms with Crippen LogP contribution >= 0.6 is 0 Å². The zero-order valence-corrected chi connectivity index (χ0v) is 11.2. The van der Waals surface area contributed by atoms with E-state index in [9.17, 15) is 4.79 Å². The van der Waals surface area contributed by atoms with Crippen molar-refractivity contribution in [3.63, 3.8) is 0 Å². The van der Waals surface area contributed by atoms with E-state index in [1.54, 1.807) is 0 Å². The molecule has 0 aliphatic rings. The molecule has 2 unspecified atom stereocenters. The van der Waals surface area contributed by atoms with Crippen LogP contribution in [0.25, 0.3) is 0 Å². The van der Waals surface area contributed by atoms with Crippen LogP contribution in [0.5, 0.6) is 0 Å². The predicted octanol–water partition coefficient (Wildman–Crippen LogP) is -0.0210. The third-order valence-corrected chi connectivity index (χ3v) is 2.48. The molecule has 0 bridgehead atoms. The van der Waals surface area contributed by atoms with Gasteiger partial charge in [-0.3, -0.25) is 4.79 Å². The van der Waals surface area contributed by atoms with E-state index in [2.05, 4.69) is 10.6 Å². The summed E-state index contributed by atoms with van der Waals surface area (Å²) < 4.78 is 0. The Morgan fingerprint density at radius 1 is 1.35 bits per heavy atom. The SMILES string of the molecule is CC(C)NC(=O)CC(CN)NC(C)CCCO. The Hall–Kier alpha value is -0.650. The Bertz CT molecular complexity index is 210. The highest BCUT2D eigenvalue weighted by Gasteiger charge is 2.14. The number of hydrogen-bond acceptors (Lipinski definition) is 4. The van der Waals surface area contributed by atoms with Gasteiger partial charge in [-0.2, -0.15) is 0 Å². The molecule has 0 spiro atoms. The number of nitrogens with one attached hydrogen (secondary N) is 2. The molecule has 0 aromatic heterocycles. The average molecular weight is 245 g/mol. The van der Waals surface area contributed by atoms with Crippen molar-refractivity contribution in [1.29, 1.82) is 0 Å². The summed E-state index contributed by atoms with van der Waals surface area (Å²) in [4.78, 5) is 11.6. The van der Waals surface area contributed by atoms with E-state index in [0.29, 0.717) is 13.0 Å². The summed E-state index contributed by atoms with van der Waals surface area (Å²) in [5.74, 6) is 0.0253. The highest BCUT2D eigenvalue weighted by molar-refractivity contribution is 5.76. The molecule has 0 radical (unpaired) electrons. The summed E-state index contributed by atoms with van der Waals surface area (Å²) >= 11 is 0. The first-order valence-corrected chi connectivity index (χ1v) is 6.35. The Balaban J connectivity index is 3.93. The fraction of sp³-hybridized carbons (Fsp3) is 0.917. The van der Waals surface area contributed by atoms with E-state index < -0.39 is 0 Å². The van der Waals surface area contributed by atoms with Gasteiger partial charge in [0, 0.05) is 37.7 Å². The number of hydrogen-bond donors (Lipinski definition) is 4. The van der Waals surface area contributed by atoms with Crippen molar-refractivity contribution in [2.45, 2.75) is 58.2 Å². The third-order valence-electron chi connectivity index (χ3n) is 2.48. The summed E-state index contributed by atoms with van der Waals surface area (Å²) in [7, 11) is 0. The van der Waals surface area contributed by atoms with Crippen LogP contribution in [0.3, 0.4) is 0 Å². The smallest absolute Gasteiger partial charge is 0.221 e. The molecule has 0 saturated heterocycles. The lowest BCUT2D eigenvalue weighted by molar-refractivity contribution is -0.122. The van der Waals surface area contributed by atoms with Gasteiger partial charge >= 0.3 is 0 Å². The minimum absolute atomic E-state index is 0.00226. The van der Waals surface area contributed by atoms with Crippen LogP contribution in [0.4, 0.5) is 0 Å². The van der Waals surface area contributed by atoms with Gasteiger partial charge in [0.2, 0.25) is 5.91 Å². The first-order valence-electron chi connectivity index (χ1n) is 6.35. The molecule has 17 heavy (non-hydrogen) atoms. The Morgan fingerprint density at radius 2 is 2.00 bits per heavy atom. The van der Waals surface area contributed by atoms with Gasteiger partial charge < -0.3 is 21.5 Å². The number of carbonyl (C=O) groups excluding carboxylic acids is 1. The first kappa shape index (κ1) is 16.4. The van der Waals surface area contributed by atoms with Crippen molar-refractivity contribution in [3.8, 4) is 0 Å². The van der Waals surface area contributed by atoms with E-state index in [0.717, 1.165) is 12.8 Å². The second-order valence-corrected chi connectivity index (χ2v) is 4.79. The van der Waals surface area contributed by atoms with Crippen LogP contribution < -0.4 is 16.4 Å². The standard InChI is InChI=1S/C12H27N3O2/c1-9(2)14-12(17)7-11(8-13)15-10(3)5-4-6-16/h9-11,15-16H,4-8,13H2,1-3H3,(H,14,17). The minimum atomic E-state index is 0.00226. The molecular weight excluding hydrogens is 218 g/mol. The lowest BCUT2D eigenvalue weighted by atomic mass is 10.1. The molecule has 1 amide bonds. The van der Waals surface area contributed by atoms with Crippen LogP contribution in [-0.4, -0.2) is 42.3 Å². The summed E-state index contributed by atoms with van der Waals surface area (Å²) in [5, 5.41) is 14.9. The molecule has 102 valence electrons. The van der Waals surface area contributed by atoms with Crippen LogP contribution in [0, 0.1) is 0 Å². The Morgan fingerprint density at radius 3 is 2.47 bits per heavy atom. The van der Waals surface area contributed by atoms with Crippen LogP contribution in [-0.2, 0) is 4.79 Å². The highest BCUT2D eigenvalue weighted by Crippen LogP contribution is 2.00. The highest BCUT2D eigenvalue weighted by atomic mass is 16.2. The first-order chi connectivity index (χ1) is 7.99. The van der Waals surface area contributed by atoms with Crippen molar-refractivity contribution < 1.29 is 9.90 Å². The number of rotatable bonds is 9. The maximum atomic E-state index is 11.6. The quantitative estimate of drug-likeness (QED) is 0.460. The summed E-state index contributed by atoms with van der Waals surface area (Å²) in [5.41, 5.74) is 5.64. The zero-order chi connectivity index (χ0) is 13.3. The molecule has 0 aromatic rings. The molecule has 0 fully saturated rings. The van der Waals surface area contributed by atoms with Gasteiger partial charge in [-0.05, 0) is 33.6 Å². The maximum Gasteiger partial charge on any atom is 0.221 e. The average Bonchev–Trinajstić information content (AvgIpc) is 2.24. The molecule has 0 aliphatic carbocycles. The van der Waals surface area contributed by atoms with Gasteiger partial charge in [-0.15, -0.1) is 0 Å². The van der Waals surface area contributed by atoms with Crippen molar-refractivity contribution in [1.82, 2.24) is 10.6 Å². The second kappa shape index (κ2) is 9.39. The number of amides is 1. The van der Waals surface area contributed by atoms with Gasteiger partial charge in [0.1, 0.15) is 0 Å². The summed E-state index contributed by atoms with van der Waals surface area (Å²) in [6.45, 7) is 6.56. The fourth-order valence-corrected chi connectivity index (χ4v) is 1.70. The Kier molecular flexibility index (Phi) is 9.03. The minimum Gasteiger partial charge on any atom is -0.396 e. The third kappa shape index (κ3) is 9.09. The predicted molar refractivity (Wildman–Crippen MR) is 69.7 cm³/mol. The van der Waals surface area contributed by atoms with Crippen LogP contribution in [0.15, 0.2) is 0 Å². The van der Waals surface area contributed by atoms with Crippen LogP contribution in [0.2, 0.25) is 0 Å². The van der Waals surface area contributed by atoms with Crippen molar-refractivity contribution in [2.75, 3.05) is 13.2 Å². The maximum absolute atomic E-state index is 11.6. The largest absolute Gasteiger partial charge is 0.396 e. The number of carbonyl (C=O) groups is 1. The van der Waals surface area contributed by atoms with E-state index >= 15 is 0 Å². The van der Waals surface area contributed by atoms with Gasteiger partial charge in [0.25, 0.3) is 0 Å². The monoisotopic (exact) mass is 245 g/mol. The van der Waals surface area contributed by atoms with Crippen LogP contribution in [0.1, 0.15) is 40.0 Å². The topological polar surface area (TPSA) is 87.4 Å². The second-order valence-electron chi connectivity index (χ2n) is 4.79. The summed E-state index contributed by atoms with van der Waals surface area (Å²) in [6.07, 6.45) is 2.06. The van der Waals surface area contributed by atoms with E-state index in [4.69, 9.17) is 10.8 Å². The number of aliphatic hydroxyl groups excluding tert-OH is 1. The zero-order valence-electron chi connectivity index (χ0n) is 11.2. The lowest BCUT2D eigenvalue weighted by Gasteiger charge is -2.22. The van der Waals surface area contributed by atoms with Crippen molar-refractivity contribution in [3.05, 3.63) is 0 Å². The molecule has 5 N–H and O–H groups in total. The lowest BCUT2D eigenvalue weighted by Crippen LogP contribution is -2.45. The van der Waals surface area contributed by atoms with Gasteiger partial charge in [0.05, 0.1) is 0 Å². The van der Waals surface area contributed by atoms with E-state index in [1.807, 2.05) is 20.8 Å². The normalized spacial score (nSPS) is 14.7. The number of nitrogens with two attached hydrogens (primary N) is 1. The molecule has 0 saturated carbocycles. The van der Waals surface area contributed by atoms with Crippen molar-refractivity contribution >= 4 is 5.91 Å². The molecule has 5 heteroatoms. The van der Waals surface area contributed by atoms with E-state index in [1.165, 1.54) is 0 Å². The molecule has 2 atom stereocenters. The molecule has 5 nitrogen and oxygen atoms in total. The summed E-state index contributed by atoms with van der Waals surface area (Å²) in [6, 6.07) is 0.428. The molecular formula is C12H27N3O2. The molecule has 0 aromatic carbocycles. The van der Waals surface area contributed by atoms with Gasteiger partial charge in [-0.25, -0.2) is 0 Å². The molecule has 0 aliphatic heterocycles. The molecule has 0 rings (SSSR count). The van der Waals surface area contributed by atoms with Crippen molar-refractivity contribution in [2.24, 2.45) is 5.73 Å². The Labute approximate surface area is 104 Å². The van der Waals surface area contributed by atoms with Gasteiger partial charge in [0.15, 0.2) is 0 Å². The fourth-order valence-electron chi connectivity index (χ4n) is 1.70.